The molecule has 16 heavy (non-hydrogen) atoms. The van der Waals surface area contributed by atoms with Gasteiger partial charge in [0.25, 0.3) is 0 Å². The normalized spacial score (nSPS) is 29.7. The zero-order chi connectivity index (χ0) is 11.1. The number of carbonyl (C=O) groups is 1. The Morgan fingerprint density at radius 3 is 2.88 bits per heavy atom. The number of nitrogens with zero attached hydrogens (tertiary/aromatic N) is 1. The van der Waals surface area contributed by atoms with E-state index in [1.165, 1.54) is 5.56 Å². The maximum Gasteiger partial charge on any atom is 0.165 e. The number of benzene rings is 1. The van der Waals surface area contributed by atoms with Crippen LogP contribution >= 0.6 is 12.6 Å². The lowest BCUT2D eigenvalue weighted by atomic mass is 10.1. The summed E-state index contributed by atoms with van der Waals surface area (Å²) in [4.78, 5) is 14.3. The van der Waals surface area contributed by atoms with Crippen LogP contribution in [0.3, 0.4) is 0 Å². The van der Waals surface area contributed by atoms with Crippen LogP contribution in [0, 0.1) is 0 Å². The van der Waals surface area contributed by atoms with Gasteiger partial charge in [-0.25, -0.2) is 0 Å². The summed E-state index contributed by atoms with van der Waals surface area (Å²) in [6.07, 6.45) is 1.79. The molecular weight excluding hydrogens is 218 g/mol. The molecule has 0 bridgehead atoms. The number of likely N-dealkylation sites (tertiary alicyclic amines) is 1. The molecule has 2 unspecified atom stereocenters. The first kappa shape index (κ1) is 10.4. The Kier molecular flexibility index (Phi) is 2.52. The van der Waals surface area contributed by atoms with E-state index < -0.39 is 0 Å². The minimum atomic E-state index is 0.295. The summed E-state index contributed by atoms with van der Waals surface area (Å²) in [5.41, 5.74) is 2.14. The third-order valence-corrected chi connectivity index (χ3v) is 4.06. The Morgan fingerprint density at radius 2 is 2.12 bits per heavy atom. The zero-order valence-corrected chi connectivity index (χ0v) is 9.99. The number of thiol groups is 1. The van der Waals surface area contributed by atoms with Crippen molar-refractivity contribution in [3.63, 3.8) is 0 Å². The highest BCUT2D eigenvalue weighted by Crippen LogP contribution is 2.37. The molecule has 0 saturated carbocycles. The topological polar surface area (TPSA) is 20.3 Å². The maximum absolute atomic E-state index is 11.9. The summed E-state index contributed by atoms with van der Waals surface area (Å²) in [7, 11) is 0. The number of Topliss-reactive ketones (excluding diaryl/α,β-unsaturated/α-hetero) is 1. The molecule has 1 heterocycles. The van der Waals surface area contributed by atoms with E-state index in [0.29, 0.717) is 23.5 Å². The number of fused-ring (bicyclic) bond motifs is 1. The summed E-state index contributed by atoms with van der Waals surface area (Å²) in [5, 5.41) is 0.475. The van der Waals surface area contributed by atoms with E-state index in [0.717, 1.165) is 25.1 Å². The fourth-order valence-electron chi connectivity index (χ4n) is 2.81. The van der Waals surface area contributed by atoms with Crippen molar-refractivity contribution in [3.8, 4) is 0 Å². The Hall–Kier alpha value is -0.800. The van der Waals surface area contributed by atoms with Gasteiger partial charge < -0.3 is 0 Å². The van der Waals surface area contributed by atoms with Gasteiger partial charge >= 0.3 is 0 Å². The average Bonchev–Trinajstić information content (AvgIpc) is 2.84. The van der Waals surface area contributed by atoms with Crippen LogP contribution < -0.4 is 0 Å². The first-order valence-electron chi connectivity index (χ1n) is 5.80. The van der Waals surface area contributed by atoms with Crippen molar-refractivity contribution in [1.82, 2.24) is 4.90 Å². The highest BCUT2D eigenvalue weighted by Gasteiger charge is 2.35. The third kappa shape index (κ3) is 1.59. The summed E-state index contributed by atoms with van der Waals surface area (Å²) in [6, 6.07) is 8.33. The highest BCUT2D eigenvalue weighted by molar-refractivity contribution is 7.81. The van der Waals surface area contributed by atoms with Crippen molar-refractivity contribution < 1.29 is 4.79 Å². The van der Waals surface area contributed by atoms with Gasteiger partial charge in [-0.05, 0) is 18.5 Å². The van der Waals surface area contributed by atoms with Gasteiger partial charge in [0.1, 0.15) is 0 Å². The van der Waals surface area contributed by atoms with E-state index in [1.54, 1.807) is 0 Å². The Bertz CT molecular complexity index is 432. The summed E-state index contributed by atoms with van der Waals surface area (Å²) >= 11 is 4.51. The van der Waals surface area contributed by atoms with Crippen LogP contribution in [0.2, 0.25) is 0 Å². The second-order valence-corrected chi connectivity index (χ2v) is 5.40. The molecule has 1 aliphatic heterocycles. The molecule has 2 aliphatic rings. The first-order valence-corrected chi connectivity index (χ1v) is 6.31. The van der Waals surface area contributed by atoms with Crippen LogP contribution in [0.25, 0.3) is 0 Å². The van der Waals surface area contributed by atoms with Crippen LogP contribution in [-0.2, 0) is 0 Å². The van der Waals surface area contributed by atoms with E-state index >= 15 is 0 Å². The highest BCUT2D eigenvalue weighted by atomic mass is 32.1. The molecule has 0 amide bonds. The molecular formula is C13H15NOS. The molecule has 1 saturated heterocycles. The number of rotatable bonds is 1. The largest absolute Gasteiger partial charge is 0.295 e. The van der Waals surface area contributed by atoms with Crippen LogP contribution in [0.1, 0.15) is 34.8 Å². The van der Waals surface area contributed by atoms with Gasteiger partial charge in [0.2, 0.25) is 0 Å². The molecule has 0 aromatic heterocycles. The quantitative estimate of drug-likeness (QED) is 0.751. The molecule has 3 rings (SSSR count). The summed E-state index contributed by atoms with van der Waals surface area (Å²) in [6.45, 7) is 2.08. The van der Waals surface area contributed by atoms with Crippen molar-refractivity contribution in [2.24, 2.45) is 0 Å². The Balaban J connectivity index is 1.92. The fourth-order valence-corrected chi connectivity index (χ4v) is 3.14. The van der Waals surface area contributed by atoms with Crippen molar-refractivity contribution >= 4 is 18.4 Å². The zero-order valence-electron chi connectivity index (χ0n) is 9.10. The van der Waals surface area contributed by atoms with Gasteiger partial charge in [-0.3, -0.25) is 9.69 Å². The van der Waals surface area contributed by atoms with Gasteiger partial charge in [-0.2, -0.15) is 12.6 Å². The van der Waals surface area contributed by atoms with Gasteiger partial charge in [-0.15, -0.1) is 0 Å². The van der Waals surface area contributed by atoms with Crippen LogP contribution in [0.4, 0.5) is 0 Å². The smallest absolute Gasteiger partial charge is 0.165 e. The molecule has 1 aromatic carbocycles. The maximum atomic E-state index is 11.9. The standard InChI is InChI=1S/C13H15NOS/c15-13-7-12(14-6-5-9(16)8-14)10-3-1-2-4-11(10)13/h1-4,9,12,16H,5-8H2. The van der Waals surface area contributed by atoms with Gasteiger partial charge in [0.15, 0.2) is 5.78 Å². The number of hydrogen-bond donors (Lipinski definition) is 1. The Morgan fingerprint density at radius 1 is 1.31 bits per heavy atom. The van der Waals surface area contributed by atoms with Crippen molar-refractivity contribution in [2.75, 3.05) is 13.1 Å². The van der Waals surface area contributed by atoms with Gasteiger partial charge in [0, 0.05) is 29.8 Å². The van der Waals surface area contributed by atoms with Crippen LogP contribution in [0.5, 0.6) is 0 Å². The molecule has 1 aromatic rings. The van der Waals surface area contributed by atoms with E-state index in [-0.39, 0.29) is 0 Å². The predicted octanol–water partition coefficient (Wildman–Crippen LogP) is 2.32. The molecule has 84 valence electrons. The van der Waals surface area contributed by atoms with Crippen LogP contribution in [0.15, 0.2) is 24.3 Å². The molecule has 1 fully saturated rings. The fraction of sp³-hybridized carbons (Fsp3) is 0.462. The number of ketones is 1. The predicted molar refractivity (Wildman–Crippen MR) is 67.1 cm³/mol. The SMILES string of the molecule is O=C1CC(N2CCC(S)C2)c2ccccc21. The lowest BCUT2D eigenvalue weighted by molar-refractivity contribution is 0.0963. The lowest BCUT2D eigenvalue weighted by Gasteiger charge is -2.23. The van der Waals surface area contributed by atoms with E-state index in [4.69, 9.17) is 0 Å². The third-order valence-electron chi connectivity index (χ3n) is 3.63. The number of hydrogen-bond acceptors (Lipinski definition) is 3. The molecule has 2 nitrogen and oxygen atoms in total. The first-order chi connectivity index (χ1) is 7.75. The molecule has 0 radical (unpaired) electrons. The minimum absolute atomic E-state index is 0.295. The van der Waals surface area contributed by atoms with E-state index in [1.807, 2.05) is 18.2 Å². The van der Waals surface area contributed by atoms with Crippen molar-refractivity contribution in [2.45, 2.75) is 24.1 Å². The molecule has 3 heteroatoms. The van der Waals surface area contributed by atoms with E-state index in [2.05, 4.69) is 23.6 Å². The monoisotopic (exact) mass is 233 g/mol. The lowest BCUT2D eigenvalue weighted by Crippen LogP contribution is -2.25. The second kappa shape index (κ2) is 3.90. The Labute approximate surface area is 101 Å². The summed E-state index contributed by atoms with van der Waals surface area (Å²) in [5.74, 6) is 0.295. The molecule has 0 spiro atoms. The molecule has 2 atom stereocenters. The average molecular weight is 233 g/mol. The second-order valence-electron chi connectivity index (χ2n) is 4.67. The van der Waals surface area contributed by atoms with Crippen molar-refractivity contribution in [1.29, 1.82) is 0 Å². The van der Waals surface area contributed by atoms with Gasteiger partial charge in [-0.1, -0.05) is 24.3 Å². The van der Waals surface area contributed by atoms with E-state index in [9.17, 15) is 4.79 Å². The minimum Gasteiger partial charge on any atom is -0.295 e. The molecule has 0 N–H and O–H groups in total. The summed E-state index contributed by atoms with van der Waals surface area (Å²) < 4.78 is 0. The van der Waals surface area contributed by atoms with Gasteiger partial charge in [0.05, 0.1) is 0 Å². The molecule has 1 aliphatic carbocycles. The number of carbonyl (C=O) groups excluding carboxylic acids is 1. The van der Waals surface area contributed by atoms with Crippen molar-refractivity contribution in [3.05, 3.63) is 35.4 Å². The van der Waals surface area contributed by atoms with Crippen LogP contribution in [-0.4, -0.2) is 29.0 Å².